The average Bonchev–Trinajstić information content (AvgIpc) is 3.89. The molecule has 0 saturated heterocycles. The smallest absolute Gasteiger partial charge is 0.166 e. The van der Waals surface area contributed by atoms with Gasteiger partial charge in [-0.1, -0.05) is 146 Å². The highest BCUT2D eigenvalue weighted by Crippen LogP contribution is 2.44. The lowest BCUT2D eigenvalue weighted by molar-refractivity contribution is 0.497. The predicted molar refractivity (Wildman–Crippen MR) is 267 cm³/mol. The number of halogens is 3. The Morgan fingerprint density at radius 3 is 0.970 bits per heavy atom. The molecule has 316 valence electrons. The first-order valence-corrected chi connectivity index (χ1v) is 22.0. The maximum atomic E-state index is 16.2. The predicted octanol–water partition coefficient (Wildman–Crippen LogP) is 16.5. The van der Waals surface area contributed by atoms with Crippen molar-refractivity contribution < 1.29 is 13.2 Å². The Morgan fingerprint density at radius 2 is 0.657 bits per heavy atom. The van der Waals surface area contributed by atoms with Crippen molar-refractivity contribution in [3.8, 4) is 73.1 Å². The number of aromatic nitrogens is 2. The summed E-state index contributed by atoms with van der Waals surface area (Å²) in [6.07, 6.45) is 0. The largest absolute Gasteiger partial charge is 0.308 e. The van der Waals surface area contributed by atoms with Crippen LogP contribution < -0.4 is 0 Å². The molecule has 0 aliphatic carbocycles. The molecule has 12 rings (SSSR count). The van der Waals surface area contributed by atoms with Gasteiger partial charge < -0.3 is 9.13 Å². The summed E-state index contributed by atoms with van der Waals surface area (Å²) in [6, 6.07) is 73.2. The van der Waals surface area contributed by atoms with Crippen LogP contribution in [-0.4, -0.2) is 9.13 Å². The normalized spacial score (nSPS) is 11.5. The van der Waals surface area contributed by atoms with Crippen molar-refractivity contribution >= 4 is 43.6 Å². The second kappa shape index (κ2) is 16.0. The summed E-state index contributed by atoms with van der Waals surface area (Å²) in [4.78, 5) is 0. The van der Waals surface area contributed by atoms with Crippen LogP contribution >= 0.6 is 0 Å². The molecule has 0 bridgehead atoms. The van der Waals surface area contributed by atoms with Gasteiger partial charge in [0.1, 0.15) is 17.4 Å². The van der Waals surface area contributed by atoms with Crippen LogP contribution in [0.4, 0.5) is 13.2 Å². The molecule has 0 radical (unpaired) electrons. The van der Waals surface area contributed by atoms with E-state index in [4.69, 9.17) is 0 Å². The lowest BCUT2D eigenvalue weighted by atomic mass is 9.99. The molecule has 6 heteroatoms. The van der Waals surface area contributed by atoms with Crippen LogP contribution in [0.15, 0.2) is 218 Å². The number of benzene rings is 10. The van der Waals surface area contributed by atoms with Crippen LogP contribution in [0.25, 0.3) is 111 Å². The second-order valence-corrected chi connectivity index (χ2v) is 16.8. The van der Waals surface area contributed by atoms with Gasteiger partial charge in [0, 0.05) is 33.2 Å². The van der Waals surface area contributed by atoms with E-state index in [1.807, 2.05) is 106 Å². The summed E-state index contributed by atoms with van der Waals surface area (Å²) in [5.41, 5.74) is 12.5. The molecule has 0 aliphatic heterocycles. The van der Waals surface area contributed by atoms with Crippen molar-refractivity contribution in [2.24, 2.45) is 0 Å². The summed E-state index contributed by atoms with van der Waals surface area (Å²) in [6.45, 7) is 0. The van der Waals surface area contributed by atoms with E-state index in [2.05, 4.69) is 103 Å². The van der Waals surface area contributed by atoms with Crippen LogP contribution in [0, 0.1) is 28.8 Å². The number of nitrogens with zero attached hydrogens (tertiary/aromatic N) is 3. The van der Waals surface area contributed by atoms with Gasteiger partial charge in [0.25, 0.3) is 0 Å². The number of fused-ring (bicyclic) bond motifs is 6. The van der Waals surface area contributed by atoms with E-state index in [9.17, 15) is 5.26 Å². The molecule has 2 heterocycles. The lowest BCUT2D eigenvalue weighted by Gasteiger charge is -2.19. The summed E-state index contributed by atoms with van der Waals surface area (Å²) >= 11 is 0. The van der Waals surface area contributed by atoms with Gasteiger partial charge >= 0.3 is 0 Å². The molecule has 10 aromatic carbocycles. The van der Waals surface area contributed by atoms with Crippen LogP contribution in [-0.2, 0) is 0 Å². The highest BCUT2D eigenvalue weighted by Gasteiger charge is 2.25. The molecular formula is C61H36F3N3. The summed E-state index contributed by atoms with van der Waals surface area (Å²) in [7, 11) is 0. The first-order valence-electron chi connectivity index (χ1n) is 22.0. The zero-order valence-electron chi connectivity index (χ0n) is 35.8. The highest BCUT2D eigenvalue weighted by atomic mass is 19.2. The molecule has 0 fully saturated rings. The van der Waals surface area contributed by atoms with E-state index in [0.717, 1.165) is 94.2 Å². The van der Waals surface area contributed by atoms with Gasteiger partial charge in [-0.2, -0.15) is 5.26 Å². The first kappa shape index (κ1) is 39.7. The minimum absolute atomic E-state index is 0.202. The minimum Gasteiger partial charge on any atom is -0.308 e. The molecule has 0 N–H and O–H groups in total. The third kappa shape index (κ3) is 6.67. The number of rotatable bonds is 7. The highest BCUT2D eigenvalue weighted by molar-refractivity contribution is 6.14. The molecule has 0 amide bonds. The topological polar surface area (TPSA) is 33.6 Å². The molecule has 2 aromatic heterocycles. The van der Waals surface area contributed by atoms with Crippen molar-refractivity contribution in [1.82, 2.24) is 9.13 Å². The monoisotopic (exact) mass is 867 g/mol. The van der Waals surface area contributed by atoms with Gasteiger partial charge in [-0.05, 0) is 117 Å². The average molecular weight is 868 g/mol. The Balaban J connectivity index is 1.20. The van der Waals surface area contributed by atoms with Crippen molar-refractivity contribution in [3.63, 3.8) is 0 Å². The zero-order chi connectivity index (χ0) is 45.2. The third-order valence-corrected chi connectivity index (χ3v) is 13.0. The molecular weight excluding hydrogens is 832 g/mol. The molecule has 0 unspecified atom stereocenters. The number of hydrogen-bond acceptors (Lipinski definition) is 1. The van der Waals surface area contributed by atoms with Crippen molar-refractivity contribution in [2.45, 2.75) is 0 Å². The fraction of sp³-hybridized carbons (Fsp3) is 0. The molecule has 0 aliphatic rings. The molecule has 0 saturated carbocycles. The van der Waals surface area contributed by atoms with Crippen LogP contribution in [0.1, 0.15) is 5.56 Å². The summed E-state index contributed by atoms with van der Waals surface area (Å²) < 4.78 is 50.8. The zero-order valence-corrected chi connectivity index (χ0v) is 35.8. The Labute approximate surface area is 384 Å². The second-order valence-electron chi connectivity index (χ2n) is 16.8. The fourth-order valence-corrected chi connectivity index (χ4v) is 9.81. The van der Waals surface area contributed by atoms with Gasteiger partial charge in [0.05, 0.1) is 33.4 Å². The molecule has 0 spiro atoms. The van der Waals surface area contributed by atoms with Crippen LogP contribution in [0.3, 0.4) is 0 Å². The number of nitriles is 1. The van der Waals surface area contributed by atoms with Gasteiger partial charge in [-0.3, -0.25) is 0 Å². The standard InChI is InChI=1S/C61H36F3N3/c62-47-35-48(61(64)54(63)36-47)46-33-59(66-55-25-21-42(38-13-5-1-6-14-38)29-49(55)50-30-43(22-26-56(50)66)39-15-7-2-8-16-39)53(37-65)60(34-46)67-57-27-23-44(40-17-9-3-10-18-40)31-51(57)52-32-45(24-28-58(52)67)41-19-11-4-12-20-41/h1-36H. The van der Waals surface area contributed by atoms with Crippen LogP contribution in [0.5, 0.6) is 0 Å². The molecule has 12 aromatic rings. The first-order chi connectivity index (χ1) is 32.9. The fourth-order valence-electron chi connectivity index (χ4n) is 9.81. The lowest BCUT2D eigenvalue weighted by Crippen LogP contribution is -2.06. The Bertz CT molecular complexity index is 3530. The van der Waals surface area contributed by atoms with Gasteiger partial charge in [0.15, 0.2) is 11.6 Å². The molecule has 67 heavy (non-hydrogen) atoms. The summed E-state index contributed by atoms with van der Waals surface area (Å²) in [5.74, 6) is -3.41. The van der Waals surface area contributed by atoms with Crippen molar-refractivity contribution in [2.75, 3.05) is 0 Å². The molecule has 3 nitrogen and oxygen atoms in total. The summed E-state index contributed by atoms with van der Waals surface area (Å²) in [5, 5.41) is 15.3. The van der Waals surface area contributed by atoms with Crippen molar-refractivity contribution in [1.29, 1.82) is 5.26 Å². The Kier molecular flexibility index (Phi) is 9.44. The maximum Gasteiger partial charge on any atom is 0.166 e. The Hall–Kier alpha value is -8.92. The minimum atomic E-state index is -1.31. The third-order valence-electron chi connectivity index (χ3n) is 13.0. The van der Waals surface area contributed by atoms with E-state index in [-0.39, 0.29) is 16.7 Å². The quantitative estimate of drug-likeness (QED) is 0.147. The van der Waals surface area contributed by atoms with Crippen LogP contribution in [0.2, 0.25) is 0 Å². The van der Waals surface area contributed by atoms with Gasteiger partial charge in [-0.15, -0.1) is 0 Å². The van der Waals surface area contributed by atoms with E-state index in [1.54, 1.807) is 12.1 Å². The van der Waals surface area contributed by atoms with E-state index in [1.165, 1.54) is 0 Å². The van der Waals surface area contributed by atoms with E-state index >= 15 is 13.2 Å². The maximum absolute atomic E-state index is 16.2. The van der Waals surface area contributed by atoms with Gasteiger partial charge in [-0.25, -0.2) is 13.2 Å². The van der Waals surface area contributed by atoms with Crippen molar-refractivity contribution in [3.05, 3.63) is 241 Å². The Morgan fingerprint density at radius 1 is 0.328 bits per heavy atom. The van der Waals surface area contributed by atoms with E-state index < -0.39 is 17.5 Å². The number of hydrogen-bond donors (Lipinski definition) is 0. The SMILES string of the molecule is N#Cc1c(-n2c3ccc(-c4ccccc4)cc3c3cc(-c4ccccc4)ccc32)cc(-c2cc(F)cc(F)c2F)cc1-n1c2ccc(-c3ccccc3)cc2c2cc(-c3ccccc3)ccc21. The molecule has 0 atom stereocenters. The van der Waals surface area contributed by atoms with E-state index in [0.29, 0.717) is 17.4 Å². The van der Waals surface area contributed by atoms with Gasteiger partial charge in [0.2, 0.25) is 0 Å².